The minimum absolute atomic E-state index is 0.0540. The Morgan fingerprint density at radius 2 is 1.74 bits per heavy atom. The van der Waals surface area contributed by atoms with Crippen LogP contribution in [0.1, 0.15) is 41.1 Å². The van der Waals surface area contributed by atoms with Crippen molar-refractivity contribution in [2.24, 2.45) is 5.73 Å². The Kier molecular flexibility index (Phi) is 7.49. The predicted octanol–water partition coefficient (Wildman–Crippen LogP) is 5.05. The number of nitrogens with one attached hydrogen (secondary N) is 1. The maximum absolute atomic E-state index is 13.7. The van der Waals surface area contributed by atoms with E-state index in [0.29, 0.717) is 37.0 Å². The number of sulfonamides is 1. The van der Waals surface area contributed by atoms with Crippen molar-refractivity contribution in [2.45, 2.75) is 25.2 Å². The number of hydrogen-bond acceptors (Lipinski definition) is 4. The molecule has 9 heteroatoms. The number of nitrogens with zero attached hydrogens (tertiary/aromatic N) is 1. The van der Waals surface area contributed by atoms with Gasteiger partial charge in [0.25, 0.3) is 5.91 Å². The molecule has 0 atom stereocenters. The Morgan fingerprint density at radius 3 is 2.45 bits per heavy atom. The maximum Gasteiger partial charge on any atom is 0.250 e. The van der Waals surface area contributed by atoms with E-state index in [0.717, 1.165) is 22.1 Å². The number of carbonyl (C=O) groups excluding carboxylic acids is 1. The number of fused-ring (bicyclic) bond motifs is 1. The summed E-state index contributed by atoms with van der Waals surface area (Å²) < 4.78 is 46.5. The van der Waals surface area contributed by atoms with Gasteiger partial charge in [0.15, 0.2) is 11.6 Å². The smallest absolute Gasteiger partial charge is 0.250 e. The van der Waals surface area contributed by atoms with Crippen LogP contribution in [0.3, 0.4) is 0 Å². The number of carbonyl (C=O) groups is 1. The summed E-state index contributed by atoms with van der Waals surface area (Å²) in [5.41, 5.74) is 9.82. The number of H-pyrrole nitrogens is 1. The predicted molar refractivity (Wildman–Crippen MR) is 146 cm³/mol. The number of benzene rings is 3. The van der Waals surface area contributed by atoms with E-state index in [9.17, 15) is 17.6 Å². The standard InChI is InChI=1S/C29H30FN3O4S/c30-26-9-4-5-10-27(26)37-15-6-16-38(35,36)33-13-11-21(12-14-33)25-19-32-28-23(25)17-22(18-24(28)29(31)34)20-7-2-1-3-8-20/h1-5,7-10,17-19,21,32H,6,11-16H2,(H2,31,34). The quantitative estimate of drug-likeness (QED) is 0.293. The molecule has 2 heterocycles. The van der Waals surface area contributed by atoms with Crippen molar-refractivity contribution in [1.29, 1.82) is 0 Å². The number of ether oxygens (including phenoxy) is 1. The molecule has 1 saturated heterocycles. The van der Waals surface area contributed by atoms with Gasteiger partial charge in [-0.05, 0) is 66.1 Å². The number of primary amides is 1. The molecular formula is C29H30FN3O4S. The van der Waals surface area contributed by atoms with Crippen LogP contribution >= 0.6 is 0 Å². The molecule has 0 saturated carbocycles. The van der Waals surface area contributed by atoms with E-state index >= 15 is 0 Å². The number of rotatable bonds is 9. The summed E-state index contributed by atoms with van der Waals surface area (Å²) in [7, 11) is -3.45. The van der Waals surface area contributed by atoms with E-state index in [1.807, 2.05) is 42.6 Å². The lowest BCUT2D eigenvalue weighted by Crippen LogP contribution is -2.39. The van der Waals surface area contributed by atoms with Gasteiger partial charge in [-0.2, -0.15) is 0 Å². The van der Waals surface area contributed by atoms with Gasteiger partial charge in [0.05, 0.1) is 23.4 Å². The first-order valence-electron chi connectivity index (χ1n) is 12.7. The Morgan fingerprint density at radius 1 is 1.03 bits per heavy atom. The van der Waals surface area contributed by atoms with Crippen LogP contribution in [0.4, 0.5) is 4.39 Å². The minimum atomic E-state index is -3.45. The molecule has 3 N–H and O–H groups in total. The molecule has 0 radical (unpaired) electrons. The Labute approximate surface area is 221 Å². The summed E-state index contributed by atoms with van der Waals surface area (Å²) in [6.07, 6.45) is 3.52. The second-order valence-electron chi connectivity index (χ2n) is 9.54. The largest absolute Gasteiger partial charge is 0.490 e. The fraction of sp³-hybridized carbons (Fsp3) is 0.276. The second-order valence-corrected chi connectivity index (χ2v) is 11.6. The molecular weight excluding hydrogens is 505 g/mol. The number of piperidine rings is 1. The van der Waals surface area contributed by atoms with Crippen LogP contribution in [0.15, 0.2) is 72.9 Å². The van der Waals surface area contributed by atoms with Gasteiger partial charge in [-0.15, -0.1) is 0 Å². The van der Waals surface area contributed by atoms with Crippen molar-refractivity contribution in [1.82, 2.24) is 9.29 Å². The Hall–Kier alpha value is -3.69. The second kappa shape index (κ2) is 11.0. The van der Waals surface area contributed by atoms with Crippen molar-refractivity contribution in [2.75, 3.05) is 25.4 Å². The molecule has 1 aliphatic rings. The summed E-state index contributed by atoms with van der Waals surface area (Å²) in [5, 5.41) is 0.937. The highest BCUT2D eigenvalue weighted by atomic mass is 32.2. The van der Waals surface area contributed by atoms with Crippen LogP contribution in [0.2, 0.25) is 0 Å². The lowest BCUT2D eigenvalue weighted by atomic mass is 9.88. The van der Waals surface area contributed by atoms with Crippen molar-refractivity contribution >= 4 is 26.8 Å². The fourth-order valence-electron chi connectivity index (χ4n) is 5.14. The van der Waals surface area contributed by atoms with Crippen LogP contribution in [0.25, 0.3) is 22.0 Å². The zero-order valence-electron chi connectivity index (χ0n) is 20.9. The van der Waals surface area contributed by atoms with E-state index in [1.165, 1.54) is 16.4 Å². The lowest BCUT2D eigenvalue weighted by molar-refractivity contribution is 0.100. The molecule has 4 aromatic rings. The summed E-state index contributed by atoms with van der Waals surface area (Å²) in [6.45, 7) is 0.946. The van der Waals surface area contributed by atoms with Crippen molar-refractivity contribution in [3.8, 4) is 16.9 Å². The Bertz CT molecular complexity index is 1540. The first-order valence-corrected chi connectivity index (χ1v) is 14.3. The molecule has 0 spiro atoms. The van der Waals surface area contributed by atoms with E-state index in [2.05, 4.69) is 11.1 Å². The lowest BCUT2D eigenvalue weighted by Gasteiger charge is -2.31. The van der Waals surface area contributed by atoms with E-state index in [4.69, 9.17) is 10.5 Å². The van der Waals surface area contributed by atoms with E-state index in [1.54, 1.807) is 12.1 Å². The molecule has 0 aliphatic carbocycles. The van der Waals surface area contributed by atoms with Gasteiger partial charge >= 0.3 is 0 Å². The van der Waals surface area contributed by atoms with Gasteiger partial charge in [0, 0.05) is 24.7 Å². The molecule has 5 rings (SSSR count). The summed E-state index contributed by atoms with van der Waals surface area (Å²) in [5.74, 6) is -0.748. The zero-order chi connectivity index (χ0) is 26.7. The zero-order valence-corrected chi connectivity index (χ0v) is 21.7. The number of aromatic amines is 1. The normalized spacial score (nSPS) is 15.1. The Balaban J connectivity index is 1.26. The molecule has 1 amide bonds. The molecule has 7 nitrogen and oxygen atoms in total. The first-order chi connectivity index (χ1) is 18.3. The van der Waals surface area contributed by atoms with E-state index < -0.39 is 21.7 Å². The van der Waals surface area contributed by atoms with Crippen molar-refractivity contribution in [3.63, 3.8) is 0 Å². The molecule has 1 aliphatic heterocycles. The SMILES string of the molecule is NC(=O)c1cc(-c2ccccc2)cc2c(C3CCN(S(=O)(=O)CCCOc4ccccc4F)CC3)c[nH]c12. The number of hydrogen-bond donors (Lipinski definition) is 2. The molecule has 0 unspecified atom stereocenters. The average molecular weight is 536 g/mol. The van der Waals surface area contributed by atoms with Gasteiger partial charge in [0.1, 0.15) is 0 Å². The molecule has 1 fully saturated rings. The summed E-state index contributed by atoms with van der Waals surface area (Å²) in [6, 6.07) is 19.8. The number of amides is 1. The highest BCUT2D eigenvalue weighted by Crippen LogP contribution is 2.37. The van der Waals surface area contributed by atoms with Crippen molar-refractivity contribution < 1.29 is 22.3 Å². The van der Waals surface area contributed by atoms with Gasteiger partial charge in [0.2, 0.25) is 10.0 Å². The average Bonchev–Trinajstić information content (AvgIpc) is 3.36. The summed E-state index contributed by atoms with van der Waals surface area (Å²) >= 11 is 0. The first kappa shape index (κ1) is 25.9. The topological polar surface area (TPSA) is 105 Å². The maximum atomic E-state index is 13.7. The van der Waals surface area contributed by atoms with Gasteiger partial charge in [-0.3, -0.25) is 4.79 Å². The minimum Gasteiger partial charge on any atom is -0.490 e. The van der Waals surface area contributed by atoms with Crippen molar-refractivity contribution in [3.05, 3.63) is 89.9 Å². The van der Waals surface area contributed by atoms with Gasteiger partial charge < -0.3 is 15.5 Å². The van der Waals surface area contributed by atoms with Crippen LogP contribution in [-0.4, -0.2) is 49.1 Å². The third kappa shape index (κ3) is 5.44. The number of aromatic nitrogens is 1. The van der Waals surface area contributed by atoms with Crippen LogP contribution in [0.5, 0.6) is 5.75 Å². The van der Waals surface area contributed by atoms with Crippen LogP contribution in [-0.2, 0) is 10.0 Å². The van der Waals surface area contributed by atoms with Crippen LogP contribution < -0.4 is 10.5 Å². The highest BCUT2D eigenvalue weighted by molar-refractivity contribution is 7.89. The molecule has 1 aromatic heterocycles. The number of halogens is 1. The molecule has 3 aromatic carbocycles. The van der Waals surface area contributed by atoms with Gasteiger partial charge in [-0.25, -0.2) is 17.1 Å². The summed E-state index contributed by atoms with van der Waals surface area (Å²) in [4.78, 5) is 15.5. The highest BCUT2D eigenvalue weighted by Gasteiger charge is 2.30. The third-order valence-corrected chi connectivity index (χ3v) is 9.08. The molecule has 38 heavy (non-hydrogen) atoms. The third-order valence-electron chi connectivity index (χ3n) is 7.12. The molecule has 0 bridgehead atoms. The fourth-order valence-corrected chi connectivity index (χ4v) is 6.65. The van der Waals surface area contributed by atoms with Gasteiger partial charge in [-0.1, -0.05) is 42.5 Å². The molecule has 198 valence electrons. The number of nitrogens with two attached hydrogens (primary N) is 1. The van der Waals surface area contributed by atoms with E-state index in [-0.39, 0.29) is 30.4 Å². The monoisotopic (exact) mass is 535 g/mol. The van der Waals surface area contributed by atoms with Crippen LogP contribution in [0, 0.1) is 5.82 Å². The number of para-hydroxylation sites is 1.